The number of nitrogens with one attached hydrogen (secondary N) is 1. The van der Waals surface area contributed by atoms with Crippen molar-refractivity contribution in [2.24, 2.45) is 0 Å². The summed E-state index contributed by atoms with van der Waals surface area (Å²) in [5, 5.41) is 9.67. The summed E-state index contributed by atoms with van der Waals surface area (Å²) in [5.41, 5.74) is 5.82. The number of fused-ring (bicyclic) bond motifs is 3. The molecule has 1 N–H and O–H groups in total. The van der Waals surface area contributed by atoms with Crippen molar-refractivity contribution >= 4 is 39.3 Å². The predicted molar refractivity (Wildman–Crippen MR) is 145 cm³/mol. The highest BCUT2D eigenvalue weighted by molar-refractivity contribution is 6.30. The molecule has 0 radical (unpaired) electrons. The minimum Gasteiger partial charge on any atom is -0.354 e. The van der Waals surface area contributed by atoms with Gasteiger partial charge < -0.3 is 9.88 Å². The molecule has 0 aliphatic carbocycles. The first-order chi connectivity index (χ1) is 17.4. The maximum Gasteiger partial charge on any atom is 0.291 e. The standard InChI is InChI=1S/C29H27ClN4O2/c1-19-7-8-20(2)22(15-19)17-33-26-6-4-3-5-24(26)25-16-32-34(29(36)28(25)33)18-27(35)31-14-13-21-9-11-23(30)12-10-21/h3-12,15-16H,13-14,17-18H2,1-2H3,(H,31,35). The summed E-state index contributed by atoms with van der Waals surface area (Å²) < 4.78 is 3.30. The first-order valence-corrected chi connectivity index (χ1v) is 12.3. The molecule has 2 heterocycles. The van der Waals surface area contributed by atoms with Crippen LogP contribution in [0.4, 0.5) is 0 Å². The van der Waals surface area contributed by atoms with Crippen LogP contribution in [0, 0.1) is 13.8 Å². The molecule has 0 aliphatic heterocycles. The number of hydrogen-bond acceptors (Lipinski definition) is 3. The Hall–Kier alpha value is -3.90. The van der Waals surface area contributed by atoms with Gasteiger partial charge in [-0.25, -0.2) is 4.68 Å². The average molecular weight is 499 g/mol. The Morgan fingerprint density at radius 3 is 2.58 bits per heavy atom. The third kappa shape index (κ3) is 4.77. The first kappa shape index (κ1) is 23.8. The Balaban J connectivity index is 1.44. The summed E-state index contributed by atoms with van der Waals surface area (Å²) in [4.78, 5) is 26.2. The second kappa shape index (κ2) is 9.99. The number of hydrogen-bond donors (Lipinski definition) is 1. The number of amides is 1. The molecule has 0 unspecified atom stereocenters. The van der Waals surface area contributed by atoms with Gasteiger partial charge in [0, 0.05) is 34.4 Å². The van der Waals surface area contributed by atoms with Crippen LogP contribution in [0.3, 0.4) is 0 Å². The second-order valence-corrected chi connectivity index (χ2v) is 9.57. The summed E-state index contributed by atoms with van der Waals surface area (Å²) in [6.45, 7) is 5.03. The molecule has 36 heavy (non-hydrogen) atoms. The maximum absolute atomic E-state index is 13.6. The van der Waals surface area contributed by atoms with Gasteiger partial charge in [0.05, 0.1) is 6.20 Å². The first-order valence-electron chi connectivity index (χ1n) is 11.9. The number of para-hydroxylation sites is 1. The van der Waals surface area contributed by atoms with Gasteiger partial charge in [-0.15, -0.1) is 0 Å². The van der Waals surface area contributed by atoms with Gasteiger partial charge in [-0.1, -0.05) is 65.7 Å². The van der Waals surface area contributed by atoms with E-state index in [9.17, 15) is 9.59 Å². The van der Waals surface area contributed by atoms with Crippen LogP contribution < -0.4 is 10.9 Å². The number of carbonyl (C=O) groups is 1. The van der Waals surface area contributed by atoms with E-state index in [1.807, 2.05) is 53.1 Å². The third-order valence-electron chi connectivity index (χ3n) is 6.55. The summed E-state index contributed by atoms with van der Waals surface area (Å²) in [5.74, 6) is -0.255. The van der Waals surface area contributed by atoms with Crippen LogP contribution in [-0.4, -0.2) is 26.8 Å². The van der Waals surface area contributed by atoms with E-state index in [0.29, 0.717) is 30.0 Å². The van der Waals surface area contributed by atoms with Crippen LogP contribution >= 0.6 is 11.6 Å². The lowest BCUT2D eigenvalue weighted by atomic mass is 10.1. The quantitative estimate of drug-likeness (QED) is 0.342. The van der Waals surface area contributed by atoms with Crippen molar-refractivity contribution in [3.8, 4) is 0 Å². The molecule has 0 fully saturated rings. The van der Waals surface area contributed by atoms with Crippen LogP contribution in [-0.2, 0) is 24.3 Å². The SMILES string of the molecule is Cc1ccc(C)c(Cn2c3ccccc3c3cnn(CC(=O)NCCc4ccc(Cl)cc4)c(=O)c32)c1. The highest BCUT2D eigenvalue weighted by Crippen LogP contribution is 2.27. The fraction of sp³-hybridized carbons (Fsp3) is 0.207. The van der Waals surface area contributed by atoms with Gasteiger partial charge in [0.15, 0.2) is 0 Å². The number of nitrogens with zero attached hydrogens (tertiary/aromatic N) is 3. The molecule has 3 aromatic carbocycles. The lowest BCUT2D eigenvalue weighted by molar-refractivity contribution is -0.121. The van der Waals surface area contributed by atoms with Crippen molar-refractivity contribution in [1.29, 1.82) is 0 Å². The Kier molecular flexibility index (Phi) is 6.61. The minimum atomic E-state index is -0.276. The van der Waals surface area contributed by atoms with Crippen LogP contribution in [0.25, 0.3) is 21.8 Å². The molecule has 0 bridgehead atoms. The van der Waals surface area contributed by atoms with Gasteiger partial charge in [0.1, 0.15) is 12.1 Å². The van der Waals surface area contributed by atoms with Gasteiger partial charge in [-0.3, -0.25) is 9.59 Å². The molecule has 7 heteroatoms. The van der Waals surface area contributed by atoms with Crippen molar-refractivity contribution in [2.45, 2.75) is 33.4 Å². The summed E-state index contributed by atoms with van der Waals surface area (Å²) >= 11 is 5.93. The molecule has 1 amide bonds. The summed E-state index contributed by atoms with van der Waals surface area (Å²) in [7, 11) is 0. The summed E-state index contributed by atoms with van der Waals surface area (Å²) in [6.07, 6.45) is 2.37. The van der Waals surface area contributed by atoms with E-state index in [4.69, 9.17) is 11.6 Å². The van der Waals surface area contributed by atoms with Crippen molar-refractivity contribution in [1.82, 2.24) is 19.7 Å². The number of carbonyl (C=O) groups excluding carboxylic acids is 1. The molecule has 6 nitrogen and oxygen atoms in total. The molecule has 2 aromatic heterocycles. The molecule has 5 rings (SSSR count). The predicted octanol–water partition coefficient (Wildman–Crippen LogP) is 5.03. The molecular formula is C29H27ClN4O2. The highest BCUT2D eigenvalue weighted by Gasteiger charge is 2.17. The smallest absolute Gasteiger partial charge is 0.291 e. The molecule has 0 spiro atoms. The molecule has 0 saturated carbocycles. The highest BCUT2D eigenvalue weighted by atomic mass is 35.5. The maximum atomic E-state index is 13.6. The topological polar surface area (TPSA) is 68.9 Å². The van der Waals surface area contributed by atoms with E-state index < -0.39 is 0 Å². The Bertz CT molecular complexity index is 1630. The number of rotatable bonds is 7. The van der Waals surface area contributed by atoms with E-state index in [-0.39, 0.29) is 18.0 Å². The van der Waals surface area contributed by atoms with Crippen LogP contribution in [0.2, 0.25) is 5.02 Å². The van der Waals surface area contributed by atoms with Crippen molar-refractivity contribution in [3.63, 3.8) is 0 Å². The van der Waals surface area contributed by atoms with E-state index in [1.165, 1.54) is 15.8 Å². The normalized spacial score (nSPS) is 11.3. The zero-order valence-corrected chi connectivity index (χ0v) is 21.0. The summed E-state index contributed by atoms with van der Waals surface area (Å²) in [6, 6.07) is 21.8. The minimum absolute atomic E-state index is 0.139. The number of aryl methyl sites for hydroxylation is 2. The Morgan fingerprint density at radius 1 is 1.00 bits per heavy atom. The zero-order chi connectivity index (χ0) is 25.2. The number of aromatic nitrogens is 3. The zero-order valence-electron chi connectivity index (χ0n) is 20.3. The van der Waals surface area contributed by atoms with Crippen molar-refractivity contribution < 1.29 is 4.79 Å². The molecule has 0 aliphatic rings. The fourth-order valence-corrected chi connectivity index (χ4v) is 4.73. The van der Waals surface area contributed by atoms with Gasteiger partial charge in [-0.2, -0.15) is 5.10 Å². The Labute approximate surface area is 214 Å². The van der Waals surface area contributed by atoms with Crippen LogP contribution in [0.5, 0.6) is 0 Å². The average Bonchev–Trinajstić information content (AvgIpc) is 3.18. The van der Waals surface area contributed by atoms with Gasteiger partial charge >= 0.3 is 0 Å². The van der Waals surface area contributed by atoms with Gasteiger partial charge in [-0.05, 0) is 55.2 Å². The third-order valence-corrected chi connectivity index (χ3v) is 6.80. The second-order valence-electron chi connectivity index (χ2n) is 9.13. The van der Waals surface area contributed by atoms with E-state index in [1.54, 1.807) is 6.20 Å². The fourth-order valence-electron chi connectivity index (χ4n) is 4.60. The van der Waals surface area contributed by atoms with Gasteiger partial charge in [0.25, 0.3) is 5.56 Å². The van der Waals surface area contributed by atoms with Crippen LogP contribution in [0.1, 0.15) is 22.3 Å². The van der Waals surface area contributed by atoms with Gasteiger partial charge in [0.2, 0.25) is 5.91 Å². The lowest BCUT2D eigenvalue weighted by Gasteiger charge is -2.12. The van der Waals surface area contributed by atoms with Crippen molar-refractivity contribution in [2.75, 3.05) is 6.54 Å². The largest absolute Gasteiger partial charge is 0.354 e. The molecule has 5 aromatic rings. The molecule has 0 saturated heterocycles. The molecule has 182 valence electrons. The van der Waals surface area contributed by atoms with Crippen molar-refractivity contribution in [3.05, 3.63) is 111 Å². The molecule has 0 atom stereocenters. The van der Waals surface area contributed by atoms with E-state index in [2.05, 4.69) is 42.5 Å². The molecular weight excluding hydrogens is 472 g/mol. The lowest BCUT2D eigenvalue weighted by Crippen LogP contribution is -2.35. The monoisotopic (exact) mass is 498 g/mol. The van der Waals surface area contributed by atoms with Crippen LogP contribution in [0.15, 0.2) is 77.7 Å². The number of halogens is 1. The van der Waals surface area contributed by atoms with E-state index >= 15 is 0 Å². The Morgan fingerprint density at radius 2 is 1.78 bits per heavy atom. The number of benzene rings is 3. The van der Waals surface area contributed by atoms with E-state index in [0.717, 1.165) is 27.4 Å².